The predicted octanol–water partition coefficient (Wildman–Crippen LogP) is 3.50. The molecule has 1 aliphatic rings. The van der Waals surface area contributed by atoms with Crippen molar-refractivity contribution in [1.82, 2.24) is 0 Å². The van der Waals surface area contributed by atoms with Crippen LogP contribution in [0.5, 0.6) is 0 Å². The van der Waals surface area contributed by atoms with Gasteiger partial charge in [-0.1, -0.05) is 24.3 Å². The van der Waals surface area contributed by atoms with Crippen LogP contribution in [0.1, 0.15) is 34.8 Å². The topological polar surface area (TPSA) is 66.5 Å². The Morgan fingerprint density at radius 3 is 2.62 bits per heavy atom. The van der Waals surface area contributed by atoms with Gasteiger partial charge in [0.25, 0.3) is 0 Å². The molecule has 1 N–H and O–H groups in total. The number of rotatable bonds is 4. The second-order valence-corrected chi connectivity index (χ2v) is 6.82. The van der Waals surface area contributed by atoms with Gasteiger partial charge in [0.05, 0.1) is 5.92 Å². The Bertz CT molecular complexity index is 889. The number of benzene rings is 2. The van der Waals surface area contributed by atoms with E-state index < -0.39 is 5.92 Å². The summed E-state index contributed by atoms with van der Waals surface area (Å²) in [4.78, 5) is 38.2. The number of aryl methyl sites for hydroxylation is 2. The number of hydrogen-bond donors (Lipinski definition) is 1. The van der Waals surface area contributed by atoms with Gasteiger partial charge in [-0.15, -0.1) is 0 Å². The van der Waals surface area contributed by atoms with Crippen molar-refractivity contribution in [3.63, 3.8) is 0 Å². The van der Waals surface area contributed by atoms with Gasteiger partial charge >= 0.3 is 0 Å². The van der Waals surface area contributed by atoms with Crippen molar-refractivity contribution in [2.75, 3.05) is 16.8 Å². The van der Waals surface area contributed by atoms with Crippen molar-refractivity contribution in [2.45, 2.75) is 27.2 Å². The lowest BCUT2D eigenvalue weighted by Crippen LogP contribution is -2.28. The van der Waals surface area contributed by atoms with E-state index in [-0.39, 0.29) is 24.0 Å². The van der Waals surface area contributed by atoms with Gasteiger partial charge in [-0.25, -0.2) is 0 Å². The maximum Gasteiger partial charge on any atom is 0.229 e. The van der Waals surface area contributed by atoms with E-state index in [9.17, 15) is 14.4 Å². The van der Waals surface area contributed by atoms with E-state index in [0.29, 0.717) is 17.8 Å². The van der Waals surface area contributed by atoms with Crippen molar-refractivity contribution >= 4 is 29.0 Å². The molecule has 3 rings (SSSR count). The van der Waals surface area contributed by atoms with Crippen LogP contribution in [0, 0.1) is 19.8 Å². The summed E-state index contributed by atoms with van der Waals surface area (Å²) in [6, 6.07) is 12.8. The normalized spacial score (nSPS) is 16.7. The molecular formula is C21H22N2O3. The summed E-state index contributed by atoms with van der Waals surface area (Å²) < 4.78 is 0. The van der Waals surface area contributed by atoms with Crippen LogP contribution in [0.2, 0.25) is 0 Å². The van der Waals surface area contributed by atoms with Crippen LogP contribution in [0.25, 0.3) is 0 Å². The molecule has 134 valence electrons. The minimum absolute atomic E-state index is 0.0530. The van der Waals surface area contributed by atoms with E-state index in [0.717, 1.165) is 16.8 Å². The molecule has 0 aromatic heterocycles. The summed E-state index contributed by atoms with van der Waals surface area (Å²) >= 11 is 0. The van der Waals surface area contributed by atoms with Crippen LogP contribution in [0.3, 0.4) is 0 Å². The molecule has 2 aromatic carbocycles. The van der Waals surface area contributed by atoms with E-state index in [1.54, 1.807) is 29.2 Å². The van der Waals surface area contributed by atoms with E-state index in [4.69, 9.17) is 0 Å². The number of carbonyl (C=O) groups excluding carboxylic acids is 3. The highest BCUT2D eigenvalue weighted by Crippen LogP contribution is 2.27. The third kappa shape index (κ3) is 3.67. The third-order valence-corrected chi connectivity index (χ3v) is 4.71. The molecule has 1 saturated heterocycles. The summed E-state index contributed by atoms with van der Waals surface area (Å²) in [6.07, 6.45) is 0.168. The van der Waals surface area contributed by atoms with Gasteiger partial charge in [0.2, 0.25) is 11.8 Å². The van der Waals surface area contributed by atoms with Crippen LogP contribution in [0.4, 0.5) is 11.4 Å². The van der Waals surface area contributed by atoms with Crippen LogP contribution >= 0.6 is 0 Å². The smallest absolute Gasteiger partial charge is 0.229 e. The molecule has 0 spiro atoms. The SMILES string of the molecule is CC(=O)c1cccc(N2CC(C(=O)Nc3cc(C)ccc3C)CC2=O)c1. The monoisotopic (exact) mass is 350 g/mol. The average molecular weight is 350 g/mol. The number of nitrogens with zero attached hydrogens (tertiary/aromatic N) is 1. The molecule has 1 unspecified atom stereocenters. The molecule has 0 bridgehead atoms. The first-order chi connectivity index (χ1) is 12.3. The van der Waals surface area contributed by atoms with Gasteiger partial charge in [0.1, 0.15) is 0 Å². The molecule has 0 saturated carbocycles. The molecule has 0 radical (unpaired) electrons. The van der Waals surface area contributed by atoms with E-state index in [2.05, 4.69) is 5.32 Å². The number of hydrogen-bond acceptors (Lipinski definition) is 3. The second-order valence-electron chi connectivity index (χ2n) is 6.82. The van der Waals surface area contributed by atoms with E-state index in [1.807, 2.05) is 32.0 Å². The average Bonchev–Trinajstić information content (AvgIpc) is 3.00. The maximum atomic E-state index is 12.6. The number of anilines is 2. The first kappa shape index (κ1) is 17.9. The Labute approximate surface area is 153 Å². The fraction of sp³-hybridized carbons (Fsp3) is 0.286. The zero-order chi connectivity index (χ0) is 18.8. The lowest BCUT2D eigenvalue weighted by atomic mass is 10.1. The lowest BCUT2D eigenvalue weighted by molar-refractivity contribution is -0.122. The summed E-state index contributed by atoms with van der Waals surface area (Å²) in [6.45, 7) is 5.72. The maximum absolute atomic E-state index is 12.6. The lowest BCUT2D eigenvalue weighted by Gasteiger charge is -2.17. The minimum atomic E-state index is -0.414. The number of amides is 2. The van der Waals surface area contributed by atoms with Gasteiger partial charge in [-0.05, 0) is 50.1 Å². The number of nitrogens with one attached hydrogen (secondary N) is 1. The standard InChI is InChI=1S/C21H22N2O3/c1-13-7-8-14(2)19(9-13)22-21(26)17-11-20(25)23(12-17)18-6-4-5-16(10-18)15(3)24/h4-10,17H,11-12H2,1-3H3,(H,22,26). The van der Waals surface area contributed by atoms with Crippen molar-refractivity contribution in [1.29, 1.82) is 0 Å². The molecule has 5 nitrogen and oxygen atoms in total. The van der Waals surface area contributed by atoms with Crippen LogP contribution in [-0.4, -0.2) is 24.1 Å². The highest BCUT2D eigenvalue weighted by Gasteiger charge is 2.35. The summed E-state index contributed by atoms with van der Waals surface area (Å²) in [5.41, 5.74) is 4.04. The number of carbonyl (C=O) groups is 3. The quantitative estimate of drug-likeness (QED) is 0.858. The Morgan fingerprint density at radius 1 is 1.12 bits per heavy atom. The van der Waals surface area contributed by atoms with E-state index >= 15 is 0 Å². The number of ketones is 1. The second kappa shape index (κ2) is 7.12. The van der Waals surface area contributed by atoms with E-state index in [1.165, 1.54) is 6.92 Å². The highest BCUT2D eigenvalue weighted by molar-refractivity contribution is 6.04. The zero-order valence-corrected chi connectivity index (χ0v) is 15.2. The predicted molar refractivity (Wildman–Crippen MR) is 101 cm³/mol. The fourth-order valence-electron chi connectivity index (χ4n) is 3.13. The van der Waals surface area contributed by atoms with Crippen LogP contribution in [-0.2, 0) is 9.59 Å². The molecule has 26 heavy (non-hydrogen) atoms. The fourth-order valence-corrected chi connectivity index (χ4v) is 3.13. The Hall–Kier alpha value is -2.95. The molecular weight excluding hydrogens is 328 g/mol. The molecule has 1 fully saturated rings. The van der Waals surface area contributed by atoms with Crippen LogP contribution < -0.4 is 10.2 Å². The third-order valence-electron chi connectivity index (χ3n) is 4.71. The van der Waals surface area contributed by atoms with Gasteiger partial charge in [0.15, 0.2) is 5.78 Å². The Balaban J connectivity index is 1.75. The van der Waals surface area contributed by atoms with Gasteiger partial charge in [-0.3, -0.25) is 14.4 Å². The minimum Gasteiger partial charge on any atom is -0.326 e. The first-order valence-electron chi connectivity index (χ1n) is 8.64. The van der Waals surface area contributed by atoms with Gasteiger partial charge in [0, 0.05) is 29.9 Å². The summed E-state index contributed by atoms with van der Waals surface area (Å²) in [5, 5.41) is 2.94. The van der Waals surface area contributed by atoms with Gasteiger partial charge in [-0.2, -0.15) is 0 Å². The number of Topliss-reactive ketones (excluding diaryl/α,β-unsaturated/α-hetero) is 1. The molecule has 1 aliphatic heterocycles. The van der Waals surface area contributed by atoms with Crippen LogP contribution in [0.15, 0.2) is 42.5 Å². The Kier molecular flexibility index (Phi) is 4.89. The first-order valence-corrected chi connectivity index (χ1v) is 8.64. The highest BCUT2D eigenvalue weighted by atomic mass is 16.2. The van der Waals surface area contributed by atoms with Crippen molar-refractivity contribution in [2.24, 2.45) is 5.92 Å². The summed E-state index contributed by atoms with van der Waals surface area (Å²) in [5.74, 6) is -0.727. The largest absolute Gasteiger partial charge is 0.326 e. The zero-order valence-electron chi connectivity index (χ0n) is 15.2. The molecule has 0 aliphatic carbocycles. The van der Waals surface area contributed by atoms with Crippen molar-refractivity contribution in [3.05, 3.63) is 59.2 Å². The van der Waals surface area contributed by atoms with Gasteiger partial charge < -0.3 is 10.2 Å². The molecule has 1 heterocycles. The Morgan fingerprint density at radius 2 is 1.88 bits per heavy atom. The van der Waals surface area contributed by atoms with Crippen molar-refractivity contribution in [3.8, 4) is 0 Å². The molecule has 2 aromatic rings. The molecule has 5 heteroatoms. The molecule has 2 amide bonds. The summed E-state index contributed by atoms with van der Waals surface area (Å²) in [7, 11) is 0. The van der Waals surface area contributed by atoms with Crippen molar-refractivity contribution < 1.29 is 14.4 Å². The molecule has 1 atom stereocenters.